The van der Waals surface area contributed by atoms with E-state index in [4.69, 9.17) is 21.1 Å². The Morgan fingerprint density at radius 3 is 2.50 bits per heavy atom. The molecule has 0 aliphatic carbocycles. The predicted molar refractivity (Wildman–Crippen MR) is 107 cm³/mol. The molecule has 0 aromatic heterocycles. The fourth-order valence-corrected chi connectivity index (χ4v) is 2.55. The first-order valence-corrected chi connectivity index (χ1v) is 8.91. The average Bonchev–Trinajstić information content (AvgIpc) is 2.59. The first-order valence-electron chi connectivity index (χ1n) is 8.53. The van der Waals surface area contributed by atoms with Gasteiger partial charge in [0.05, 0.1) is 18.9 Å². The first kappa shape index (κ1) is 19.9. The Labute approximate surface area is 159 Å². The summed E-state index contributed by atoms with van der Waals surface area (Å²) in [6, 6.07) is 11.0. The minimum absolute atomic E-state index is 0.0697. The van der Waals surface area contributed by atoms with Crippen LogP contribution in [0.5, 0.6) is 11.5 Å². The van der Waals surface area contributed by atoms with E-state index >= 15 is 0 Å². The molecular weight excluding hydrogens is 352 g/mol. The van der Waals surface area contributed by atoms with Gasteiger partial charge in [-0.2, -0.15) is 0 Å². The summed E-state index contributed by atoms with van der Waals surface area (Å²) in [6.07, 6.45) is 0.449. The number of carbonyl (C=O) groups is 1. The Balaban J connectivity index is 1.85. The molecule has 0 saturated heterocycles. The summed E-state index contributed by atoms with van der Waals surface area (Å²) in [5, 5.41) is 6.73. The molecule has 6 heteroatoms. The molecule has 140 valence electrons. The van der Waals surface area contributed by atoms with Gasteiger partial charge in [-0.1, -0.05) is 11.6 Å². The number of nitrogens with one attached hydrogen (secondary N) is 2. The maximum atomic E-state index is 12.1. The maximum Gasteiger partial charge on any atom is 0.226 e. The summed E-state index contributed by atoms with van der Waals surface area (Å²) in [5.41, 5.74) is 2.51. The summed E-state index contributed by atoms with van der Waals surface area (Å²) in [7, 11) is 1.59. The van der Waals surface area contributed by atoms with Crippen LogP contribution in [-0.4, -0.2) is 25.7 Å². The summed E-state index contributed by atoms with van der Waals surface area (Å²) >= 11 is 6.10. The number of amides is 1. The molecule has 0 atom stereocenters. The Bertz CT molecular complexity index is 745. The van der Waals surface area contributed by atoms with Gasteiger partial charge in [0.2, 0.25) is 5.91 Å². The van der Waals surface area contributed by atoms with E-state index in [1.165, 1.54) is 0 Å². The second-order valence-electron chi connectivity index (χ2n) is 6.22. The van der Waals surface area contributed by atoms with Gasteiger partial charge >= 0.3 is 0 Å². The Kier molecular flexibility index (Phi) is 7.16. The van der Waals surface area contributed by atoms with Crippen LogP contribution in [0.1, 0.15) is 25.8 Å². The van der Waals surface area contributed by atoms with Gasteiger partial charge in [-0.25, -0.2) is 0 Å². The molecule has 0 saturated carbocycles. The molecule has 2 rings (SSSR count). The molecule has 2 aromatic carbocycles. The number of anilines is 2. The lowest BCUT2D eigenvalue weighted by molar-refractivity contribution is -0.115. The minimum Gasteiger partial charge on any atom is -0.495 e. The SMILES string of the molecule is COc1cc(Cl)c(C)cc1NCCC(=O)Nc1ccc(OC(C)C)cc1. The van der Waals surface area contributed by atoms with E-state index in [1.807, 2.05) is 51.1 Å². The number of carbonyl (C=O) groups excluding carboxylic acids is 1. The minimum atomic E-state index is -0.0697. The van der Waals surface area contributed by atoms with Gasteiger partial charge in [0.1, 0.15) is 11.5 Å². The molecule has 2 N–H and O–H groups in total. The standard InChI is InChI=1S/C20H25ClN2O3/c1-13(2)26-16-7-5-15(6-8-16)23-20(24)9-10-22-18-11-14(3)17(21)12-19(18)25-4/h5-8,11-13,22H,9-10H2,1-4H3,(H,23,24). The number of benzene rings is 2. The van der Waals surface area contributed by atoms with Crippen molar-refractivity contribution in [2.24, 2.45) is 0 Å². The maximum absolute atomic E-state index is 12.1. The third-order valence-electron chi connectivity index (χ3n) is 3.66. The number of hydrogen-bond donors (Lipinski definition) is 2. The fraction of sp³-hybridized carbons (Fsp3) is 0.350. The lowest BCUT2D eigenvalue weighted by atomic mass is 10.2. The average molecular weight is 377 g/mol. The lowest BCUT2D eigenvalue weighted by Crippen LogP contribution is -2.16. The molecule has 5 nitrogen and oxygen atoms in total. The molecule has 26 heavy (non-hydrogen) atoms. The second kappa shape index (κ2) is 9.34. The van der Waals surface area contributed by atoms with Gasteiger partial charge < -0.3 is 20.1 Å². The van der Waals surface area contributed by atoms with Gasteiger partial charge in [-0.15, -0.1) is 0 Å². The van der Waals surface area contributed by atoms with E-state index < -0.39 is 0 Å². The van der Waals surface area contributed by atoms with Crippen LogP contribution >= 0.6 is 11.6 Å². The second-order valence-corrected chi connectivity index (χ2v) is 6.62. The Morgan fingerprint density at radius 1 is 1.19 bits per heavy atom. The van der Waals surface area contributed by atoms with E-state index in [9.17, 15) is 4.79 Å². The van der Waals surface area contributed by atoms with Crippen molar-refractivity contribution in [1.29, 1.82) is 0 Å². The van der Waals surface area contributed by atoms with Crippen LogP contribution in [0, 0.1) is 6.92 Å². The number of hydrogen-bond acceptors (Lipinski definition) is 4. The molecule has 2 aromatic rings. The summed E-state index contributed by atoms with van der Waals surface area (Å²) in [4.78, 5) is 12.1. The highest BCUT2D eigenvalue weighted by molar-refractivity contribution is 6.31. The molecule has 0 unspecified atom stereocenters. The predicted octanol–water partition coefficient (Wildman–Crippen LogP) is 4.88. The Hall–Kier alpha value is -2.40. The van der Waals surface area contributed by atoms with Crippen molar-refractivity contribution in [2.45, 2.75) is 33.3 Å². The van der Waals surface area contributed by atoms with Crippen molar-refractivity contribution in [3.8, 4) is 11.5 Å². The van der Waals surface area contributed by atoms with E-state index in [2.05, 4.69) is 10.6 Å². The van der Waals surface area contributed by atoms with Crippen molar-refractivity contribution in [1.82, 2.24) is 0 Å². The zero-order valence-electron chi connectivity index (χ0n) is 15.6. The van der Waals surface area contributed by atoms with Gasteiger partial charge in [0, 0.05) is 29.7 Å². The smallest absolute Gasteiger partial charge is 0.226 e. The lowest BCUT2D eigenvalue weighted by Gasteiger charge is -2.13. The third-order valence-corrected chi connectivity index (χ3v) is 4.07. The van der Waals surface area contributed by atoms with Gasteiger partial charge in [-0.05, 0) is 56.7 Å². The molecule has 0 spiro atoms. The molecule has 0 aliphatic heterocycles. The molecule has 0 radical (unpaired) electrons. The monoisotopic (exact) mass is 376 g/mol. The van der Waals surface area contributed by atoms with Crippen molar-refractivity contribution in [3.63, 3.8) is 0 Å². The van der Waals surface area contributed by atoms with Crippen molar-refractivity contribution in [2.75, 3.05) is 24.3 Å². The fourth-order valence-electron chi connectivity index (χ4n) is 2.39. The highest BCUT2D eigenvalue weighted by atomic mass is 35.5. The van der Waals surface area contributed by atoms with E-state index in [0.29, 0.717) is 23.7 Å². The van der Waals surface area contributed by atoms with Crippen LogP contribution in [-0.2, 0) is 4.79 Å². The summed E-state index contributed by atoms with van der Waals surface area (Å²) in [6.45, 7) is 6.35. The number of halogens is 1. The van der Waals surface area contributed by atoms with E-state index in [-0.39, 0.29) is 12.0 Å². The van der Waals surface area contributed by atoms with Crippen molar-refractivity contribution in [3.05, 3.63) is 47.0 Å². The summed E-state index contributed by atoms with van der Waals surface area (Å²) < 4.78 is 10.9. The molecule has 1 amide bonds. The first-order chi connectivity index (χ1) is 12.4. The van der Waals surface area contributed by atoms with Crippen LogP contribution in [0.15, 0.2) is 36.4 Å². The van der Waals surface area contributed by atoms with E-state index in [0.717, 1.165) is 22.7 Å². The normalized spacial score (nSPS) is 10.5. The van der Waals surface area contributed by atoms with Crippen LogP contribution < -0.4 is 20.1 Å². The van der Waals surface area contributed by atoms with E-state index in [1.54, 1.807) is 13.2 Å². The van der Waals surface area contributed by atoms with Crippen LogP contribution in [0.2, 0.25) is 5.02 Å². The zero-order valence-corrected chi connectivity index (χ0v) is 16.3. The number of rotatable bonds is 8. The molecular formula is C20H25ClN2O3. The van der Waals surface area contributed by atoms with Gasteiger partial charge in [0.15, 0.2) is 0 Å². The van der Waals surface area contributed by atoms with Crippen molar-refractivity contribution < 1.29 is 14.3 Å². The van der Waals surface area contributed by atoms with Crippen LogP contribution in [0.4, 0.5) is 11.4 Å². The topological polar surface area (TPSA) is 59.6 Å². The molecule has 0 fully saturated rings. The van der Waals surface area contributed by atoms with Gasteiger partial charge in [0.25, 0.3) is 0 Å². The number of methoxy groups -OCH3 is 1. The van der Waals surface area contributed by atoms with Crippen LogP contribution in [0.25, 0.3) is 0 Å². The zero-order chi connectivity index (χ0) is 19.1. The third kappa shape index (κ3) is 5.85. The Morgan fingerprint density at radius 2 is 1.88 bits per heavy atom. The van der Waals surface area contributed by atoms with Gasteiger partial charge in [-0.3, -0.25) is 4.79 Å². The molecule has 0 heterocycles. The largest absolute Gasteiger partial charge is 0.495 e. The quantitative estimate of drug-likeness (QED) is 0.689. The highest BCUT2D eigenvalue weighted by Gasteiger charge is 2.08. The number of ether oxygens (including phenoxy) is 2. The number of aryl methyl sites for hydroxylation is 1. The van der Waals surface area contributed by atoms with Crippen molar-refractivity contribution >= 4 is 28.9 Å². The molecule has 0 bridgehead atoms. The van der Waals surface area contributed by atoms with Crippen LogP contribution in [0.3, 0.4) is 0 Å². The summed E-state index contributed by atoms with van der Waals surface area (Å²) in [5.74, 6) is 1.37. The highest BCUT2D eigenvalue weighted by Crippen LogP contribution is 2.30. The molecule has 0 aliphatic rings.